The molecule has 1 aliphatic rings. The van der Waals surface area contributed by atoms with E-state index in [2.05, 4.69) is 9.97 Å². The molecule has 25 heavy (non-hydrogen) atoms. The van der Waals surface area contributed by atoms with E-state index in [1.54, 1.807) is 17.3 Å². The highest BCUT2D eigenvalue weighted by atomic mass is 32.1. The summed E-state index contributed by atoms with van der Waals surface area (Å²) < 4.78 is 37.9. The van der Waals surface area contributed by atoms with Gasteiger partial charge >= 0.3 is 6.18 Å². The highest BCUT2D eigenvalue weighted by Crippen LogP contribution is 2.29. The quantitative estimate of drug-likeness (QED) is 0.815. The first kappa shape index (κ1) is 17.7. The summed E-state index contributed by atoms with van der Waals surface area (Å²) in [6, 6.07) is 2.42. The van der Waals surface area contributed by atoms with Crippen molar-refractivity contribution >= 4 is 23.1 Å². The summed E-state index contributed by atoms with van der Waals surface area (Å²) in [6.07, 6.45) is -2.81. The zero-order chi connectivity index (χ0) is 18.0. The van der Waals surface area contributed by atoms with Gasteiger partial charge in [-0.15, -0.1) is 11.3 Å². The van der Waals surface area contributed by atoms with Crippen LogP contribution in [0, 0.1) is 6.92 Å². The molecule has 5 nitrogen and oxygen atoms in total. The lowest BCUT2D eigenvalue weighted by Gasteiger charge is -2.23. The highest BCUT2D eigenvalue weighted by molar-refractivity contribution is 7.11. The van der Waals surface area contributed by atoms with Gasteiger partial charge in [-0.05, 0) is 25.5 Å². The molecule has 0 spiro atoms. The molecule has 1 saturated heterocycles. The Labute approximate surface area is 147 Å². The van der Waals surface area contributed by atoms with Gasteiger partial charge in [-0.1, -0.05) is 0 Å². The van der Waals surface area contributed by atoms with E-state index in [9.17, 15) is 18.0 Å². The molecule has 0 bridgehead atoms. The van der Waals surface area contributed by atoms with Gasteiger partial charge in [-0.25, -0.2) is 9.97 Å². The van der Waals surface area contributed by atoms with Crippen molar-refractivity contribution in [3.8, 4) is 0 Å². The van der Waals surface area contributed by atoms with Gasteiger partial charge in [0.2, 0.25) is 0 Å². The largest absolute Gasteiger partial charge is 0.417 e. The fourth-order valence-electron chi connectivity index (χ4n) is 2.74. The van der Waals surface area contributed by atoms with E-state index in [1.165, 1.54) is 17.4 Å². The Balaban J connectivity index is 1.67. The normalized spacial score (nSPS) is 16.0. The molecule has 1 aliphatic heterocycles. The van der Waals surface area contributed by atoms with Crippen molar-refractivity contribution in [2.75, 3.05) is 31.1 Å². The summed E-state index contributed by atoms with van der Waals surface area (Å²) in [7, 11) is 0. The number of carbonyl (C=O) groups excluding carboxylic acids is 1. The number of alkyl halides is 3. The van der Waals surface area contributed by atoms with Gasteiger partial charge in [-0.3, -0.25) is 4.79 Å². The molecule has 3 heterocycles. The van der Waals surface area contributed by atoms with E-state index in [0.717, 1.165) is 24.4 Å². The first-order valence-electron chi connectivity index (χ1n) is 7.84. The van der Waals surface area contributed by atoms with Crippen LogP contribution < -0.4 is 4.90 Å². The summed E-state index contributed by atoms with van der Waals surface area (Å²) in [5.74, 6) is 0.457. The molecule has 0 atom stereocenters. The molecule has 0 radical (unpaired) electrons. The minimum atomic E-state index is -4.39. The van der Waals surface area contributed by atoms with Gasteiger partial charge in [0.05, 0.1) is 16.8 Å². The molecule has 0 saturated carbocycles. The Morgan fingerprint density at radius 1 is 1.16 bits per heavy atom. The Morgan fingerprint density at radius 2 is 1.96 bits per heavy atom. The Hall–Kier alpha value is -2.16. The number of halogens is 3. The lowest BCUT2D eigenvalue weighted by molar-refractivity contribution is -0.137. The fourth-order valence-corrected chi connectivity index (χ4v) is 3.51. The van der Waals surface area contributed by atoms with Crippen molar-refractivity contribution in [3.05, 3.63) is 40.0 Å². The van der Waals surface area contributed by atoms with Crippen LogP contribution in [-0.4, -0.2) is 47.0 Å². The second-order valence-corrected chi connectivity index (χ2v) is 6.66. The van der Waals surface area contributed by atoms with E-state index in [0.29, 0.717) is 36.9 Å². The molecule has 0 aromatic carbocycles. The molecule has 9 heteroatoms. The van der Waals surface area contributed by atoms with E-state index in [1.807, 2.05) is 4.90 Å². The second-order valence-electron chi connectivity index (χ2n) is 5.80. The van der Waals surface area contributed by atoms with E-state index < -0.39 is 11.7 Å². The minimum absolute atomic E-state index is 0.0396. The van der Waals surface area contributed by atoms with Gasteiger partial charge in [0.25, 0.3) is 5.91 Å². The van der Waals surface area contributed by atoms with Crippen LogP contribution >= 0.6 is 11.3 Å². The minimum Gasteiger partial charge on any atom is -0.355 e. The van der Waals surface area contributed by atoms with E-state index in [-0.39, 0.29) is 5.91 Å². The standard InChI is InChI=1S/C16H17F3N4OS/c1-11-14(25-10-21-11)15(24)23-6-2-5-22(7-8-23)13-4-3-12(9-20-13)16(17,18)19/h3-4,9-10H,2,5-8H2,1H3. The third-order valence-electron chi connectivity index (χ3n) is 4.12. The molecule has 1 fully saturated rings. The predicted octanol–water partition coefficient (Wildman–Crippen LogP) is 3.22. The molecular weight excluding hydrogens is 353 g/mol. The van der Waals surface area contributed by atoms with Gasteiger partial charge in [0, 0.05) is 32.4 Å². The van der Waals surface area contributed by atoms with Crippen LogP contribution in [0.1, 0.15) is 27.3 Å². The van der Waals surface area contributed by atoms with Crippen molar-refractivity contribution in [2.24, 2.45) is 0 Å². The lowest BCUT2D eigenvalue weighted by atomic mass is 10.2. The number of pyridine rings is 1. The number of hydrogen-bond donors (Lipinski definition) is 0. The first-order valence-corrected chi connectivity index (χ1v) is 8.72. The number of aromatic nitrogens is 2. The molecule has 2 aromatic rings. The summed E-state index contributed by atoms with van der Waals surface area (Å²) in [5.41, 5.74) is 1.61. The molecule has 3 rings (SSSR count). The van der Waals surface area contributed by atoms with E-state index >= 15 is 0 Å². The molecule has 0 N–H and O–H groups in total. The van der Waals surface area contributed by atoms with Crippen molar-refractivity contribution in [1.29, 1.82) is 0 Å². The number of nitrogens with zero attached hydrogens (tertiary/aromatic N) is 4. The Bertz CT molecular complexity index is 745. The van der Waals surface area contributed by atoms with Crippen LogP contribution in [0.3, 0.4) is 0 Å². The van der Waals surface area contributed by atoms with Crippen LogP contribution in [0.4, 0.5) is 19.0 Å². The summed E-state index contributed by atoms with van der Waals surface area (Å²) in [5, 5.41) is 0. The summed E-state index contributed by atoms with van der Waals surface area (Å²) in [4.78, 5) is 24.9. The average Bonchev–Trinajstić information content (AvgIpc) is 2.86. The number of anilines is 1. The van der Waals surface area contributed by atoms with Crippen molar-refractivity contribution < 1.29 is 18.0 Å². The maximum atomic E-state index is 12.6. The van der Waals surface area contributed by atoms with Gasteiger partial charge in [0.1, 0.15) is 10.7 Å². The Kier molecular flexibility index (Phi) is 4.94. The smallest absolute Gasteiger partial charge is 0.355 e. The topological polar surface area (TPSA) is 49.3 Å². The van der Waals surface area contributed by atoms with Crippen molar-refractivity contribution in [3.63, 3.8) is 0 Å². The van der Waals surface area contributed by atoms with E-state index in [4.69, 9.17) is 0 Å². The highest BCUT2D eigenvalue weighted by Gasteiger charge is 2.31. The SMILES string of the molecule is Cc1ncsc1C(=O)N1CCCN(c2ccc(C(F)(F)F)cn2)CC1. The van der Waals surface area contributed by atoms with Crippen molar-refractivity contribution in [1.82, 2.24) is 14.9 Å². The number of rotatable bonds is 2. The fraction of sp³-hybridized carbons (Fsp3) is 0.438. The Morgan fingerprint density at radius 3 is 2.56 bits per heavy atom. The van der Waals surface area contributed by atoms with Gasteiger partial charge in [0.15, 0.2) is 0 Å². The molecule has 1 amide bonds. The summed E-state index contributed by atoms with van der Waals surface area (Å²) in [6.45, 7) is 4.08. The van der Waals surface area contributed by atoms with Gasteiger partial charge in [-0.2, -0.15) is 13.2 Å². The van der Waals surface area contributed by atoms with Crippen LogP contribution in [0.25, 0.3) is 0 Å². The third kappa shape index (κ3) is 3.92. The lowest BCUT2D eigenvalue weighted by Crippen LogP contribution is -2.35. The predicted molar refractivity (Wildman–Crippen MR) is 88.8 cm³/mol. The van der Waals surface area contributed by atoms with Gasteiger partial charge < -0.3 is 9.80 Å². The van der Waals surface area contributed by atoms with Crippen LogP contribution in [-0.2, 0) is 6.18 Å². The monoisotopic (exact) mass is 370 g/mol. The molecular formula is C16H17F3N4OS. The van der Waals surface area contributed by atoms with Crippen LogP contribution in [0.5, 0.6) is 0 Å². The zero-order valence-corrected chi connectivity index (χ0v) is 14.4. The molecule has 2 aromatic heterocycles. The van der Waals surface area contributed by atoms with Crippen LogP contribution in [0.15, 0.2) is 23.8 Å². The number of hydrogen-bond acceptors (Lipinski definition) is 5. The molecule has 0 aliphatic carbocycles. The van der Waals surface area contributed by atoms with Crippen molar-refractivity contribution in [2.45, 2.75) is 19.5 Å². The number of carbonyl (C=O) groups is 1. The zero-order valence-electron chi connectivity index (χ0n) is 13.6. The summed E-state index contributed by atoms with van der Waals surface area (Å²) >= 11 is 1.32. The third-order valence-corrected chi connectivity index (χ3v) is 5.04. The maximum absolute atomic E-state index is 12.6. The number of thiazole rings is 1. The first-order chi connectivity index (χ1) is 11.9. The maximum Gasteiger partial charge on any atom is 0.417 e. The average molecular weight is 370 g/mol. The number of amides is 1. The van der Waals surface area contributed by atoms with Crippen LogP contribution in [0.2, 0.25) is 0 Å². The molecule has 0 unspecified atom stereocenters. The number of aryl methyl sites for hydroxylation is 1. The second kappa shape index (κ2) is 6.99. The molecule has 134 valence electrons.